The fourth-order valence-corrected chi connectivity index (χ4v) is 8.32. The average molecular weight is 556 g/mol. The van der Waals surface area contributed by atoms with Crippen molar-refractivity contribution in [2.45, 2.75) is 49.1 Å². The Hall–Kier alpha value is -1.78. The predicted molar refractivity (Wildman–Crippen MR) is 145 cm³/mol. The molecule has 1 aromatic heterocycles. The van der Waals surface area contributed by atoms with Crippen LogP contribution in [0.4, 0.5) is 0 Å². The first-order valence-corrected chi connectivity index (χ1v) is 15.0. The van der Waals surface area contributed by atoms with Crippen molar-refractivity contribution < 1.29 is 23.1 Å². The van der Waals surface area contributed by atoms with Crippen LogP contribution in [0.1, 0.15) is 37.3 Å². The molecule has 35 heavy (non-hydrogen) atoms. The number of aryl methyl sites for hydroxylation is 2. The number of carboxylic acid groups (broad SMARTS) is 1. The van der Waals surface area contributed by atoms with Crippen LogP contribution >= 0.6 is 34.7 Å². The third-order valence-electron chi connectivity index (χ3n) is 5.55. The van der Waals surface area contributed by atoms with Gasteiger partial charge in [-0.25, -0.2) is 13.2 Å². The Kier molecular flexibility index (Phi) is 9.89. The van der Waals surface area contributed by atoms with Gasteiger partial charge in [-0.15, -0.1) is 23.1 Å². The topological polar surface area (TPSA) is 83.9 Å². The van der Waals surface area contributed by atoms with Gasteiger partial charge in [-0.2, -0.15) is 4.31 Å². The monoisotopic (exact) mass is 555 g/mol. The number of nitrogens with zero attached hydrogens (tertiary/aromatic N) is 1. The van der Waals surface area contributed by atoms with Crippen molar-refractivity contribution >= 4 is 60.8 Å². The molecule has 0 bridgehead atoms. The highest BCUT2D eigenvalue weighted by Gasteiger charge is 2.28. The second-order valence-electron chi connectivity index (χ2n) is 8.22. The lowest BCUT2D eigenvalue weighted by atomic mass is 10.2. The molecule has 3 rings (SSSR count). The Morgan fingerprint density at radius 3 is 2.60 bits per heavy atom. The molecule has 1 heterocycles. The number of aliphatic carboxylic acids is 1. The summed E-state index contributed by atoms with van der Waals surface area (Å²) in [6.07, 6.45) is 2.79. The molecule has 3 aromatic rings. The highest BCUT2D eigenvalue weighted by molar-refractivity contribution is 7.99. The van der Waals surface area contributed by atoms with Crippen LogP contribution in [0.15, 0.2) is 45.5 Å². The molecule has 0 saturated heterocycles. The summed E-state index contributed by atoms with van der Waals surface area (Å²) in [5.74, 6) is 0.0978. The van der Waals surface area contributed by atoms with E-state index in [4.69, 9.17) is 21.4 Å². The van der Waals surface area contributed by atoms with Crippen LogP contribution in [0.5, 0.6) is 5.75 Å². The summed E-state index contributed by atoms with van der Waals surface area (Å²) < 4.78 is 35.6. The van der Waals surface area contributed by atoms with Crippen LogP contribution in [0.3, 0.4) is 0 Å². The Morgan fingerprint density at radius 2 is 1.91 bits per heavy atom. The van der Waals surface area contributed by atoms with E-state index < -0.39 is 16.0 Å². The highest BCUT2D eigenvalue weighted by Crippen LogP contribution is 2.37. The van der Waals surface area contributed by atoms with E-state index in [1.54, 1.807) is 28.2 Å². The number of thioether (sulfide) groups is 1. The molecule has 6 nitrogen and oxygen atoms in total. The second-order valence-corrected chi connectivity index (χ2v) is 13.0. The smallest absolute Gasteiger partial charge is 0.341 e. The zero-order valence-electron chi connectivity index (χ0n) is 20.0. The first-order valence-electron chi connectivity index (χ1n) is 11.4. The van der Waals surface area contributed by atoms with Crippen LogP contribution in [0.25, 0.3) is 10.1 Å². The first-order chi connectivity index (χ1) is 16.6. The van der Waals surface area contributed by atoms with Gasteiger partial charge in [0.15, 0.2) is 6.61 Å². The number of carboxylic acids is 1. The SMILES string of the molecule is CCCCCN(CCSc1ccc(OCC(=O)O)c(C)c1)S(=O)(=O)c1sc2ccc(Cl)cc2c1C. The van der Waals surface area contributed by atoms with Crippen molar-refractivity contribution in [2.24, 2.45) is 0 Å². The van der Waals surface area contributed by atoms with E-state index >= 15 is 0 Å². The number of unbranched alkanes of at least 4 members (excludes halogenated alkanes) is 2. The van der Waals surface area contributed by atoms with Crippen molar-refractivity contribution in [1.82, 2.24) is 4.31 Å². The molecule has 0 unspecified atom stereocenters. The van der Waals surface area contributed by atoms with Crippen LogP contribution in [0.2, 0.25) is 5.02 Å². The fraction of sp³-hybridized carbons (Fsp3) is 0.400. The second kappa shape index (κ2) is 12.5. The van der Waals surface area contributed by atoms with E-state index in [1.165, 1.54) is 11.3 Å². The van der Waals surface area contributed by atoms with Gasteiger partial charge in [0.1, 0.15) is 9.96 Å². The number of hydrogen-bond donors (Lipinski definition) is 1. The molecule has 0 saturated carbocycles. The molecule has 2 aromatic carbocycles. The van der Waals surface area contributed by atoms with Crippen LogP contribution in [-0.4, -0.2) is 49.2 Å². The summed E-state index contributed by atoms with van der Waals surface area (Å²) >= 11 is 9.01. The van der Waals surface area contributed by atoms with E-state index in [-0.39, 0.29) is 6.61 Å². The standard InChI is InChI=1S/C25H30ClNO5S3/c1-4-5-6-11-27(12-13-33-20-8-9-22(17(2)14-20)32-16-24(28)29)35(30,31)25-18(3)21-15-19(26)7-10-23(21)34-25/h7-10,14-15H,4-6,11-13,16H2,1-3H3,(H,28,29). The number of sulfonamides is 1. The summed E-state index contributed by atoms with van der Waals surface area (Å²) in [7, 11) is -3.65. The Labute approximate surface area is 220 Å². The number of hydrogen-bond acceptors (Lipinski definition) is 6. The summed E-state index contributed by atoms with van der Waals surface area (Å²) in [5, 5.41) is 10.3. The van der Waals surface area contributed by atoms with Gasteiger partial charge in [-0.05, 0) is 73.2 Å². The molecule has 0 aliphatic carbocycles. The fourth-order valence-electron chi connectivity index (χ4n) is 3.70. The Balaban J connectivity index is 1.75. The molecular formula is C25H30ClNO5S3. The molecule has 0 fully saturated rings. The molecule has 0 radical (unpaired) electrons. The summed E-state index contributed by atoms with van der Waals surface area (Å²) in [4.78, 5) is 11.7. The highest BCUT2D eigenvalue weighted by atomic mass is 35.5. The lowest BCUT2D eigenvalue weighted by Crippen LogP contribution is -2.34. The van der Waals surface area contributed by atoms with E-state index in [9.17, 15) is 13.2 Å². The minimum absolute atomic E-state index is 0.382. The molecule has 10 heteroatoms. The van der Waals surface area contributed by atoms with Gasteiger partial charge < -0.3 is 9.84 Å². The van der Waals surface area contributed by atoms with Crippen LogP contribution in [0, 0.1) is 13.8 Å². The van der Waals surface area contributed by atoms with Crippen molar-refractivity contribution in [3.8, 4) is 5.75 Å². The van der Waals surface area contributed by atoms with Crippen molar-refractivity contribution in [3.05, 3.63) is 52.5 Å². The van der Waals surface area contributed by atoms with Gasteiger partial charge in [-0.3, -0.25) is 0 Å². The zero-order chi connectivity index (χ0) is 25.6. The largest absolute Gasteiger partial charge is 0.482 e. The average Bonchev–Trinajstić information content (AvgIpc) is 3.14. The quantitative estimate of drug-likeness (QED) is 0.189. The van der Waals surface area contributed by atoms with Gasteiger partial charge in [-0.1, -0.05) is 31.4 Å². The Bertz CT molecular complexity index is 1290. The minimum atomic E-state index is -3.65. The normalized spacial score (nSPS) is 11.9. The van der Waals surface area contributed by atoms with E-state index in [1.807, 2.05) is 38.1 Å². The minimum Gasteiger partial charge on any atom is -0.482 e. The van der Waals surface area contributed by atoms with E-state index in [0.29, 0.717) is 33.8 Å². The predicted octanol–water partition coefficient (Wildman–Crippen LogP) is 6.61. The molecule has 0 amide bonds. The van der Waals surface area contributed by atoms with E-state index in [2.05, 4.69) is 6.92 Å². The van der Waals surface area contributed by atoms with Crippen molar-refractivity contribution in [3.63, 3.8) is 0 Å². The van der Waals surface area contributed by atoms with Crippen molar-refractivity contribution in [2.75, 3.05) is 25.4 Å². The number of benzene rings is 2. The van der Waals surface area contributed by atoms with Gasteiger partial charge in [0.2, 0.25) is 0 Å². The number of fused-ring (bicyclic) bond motifs is 1. The van der Waals surface area contributed by atoms with Gasteiger partial charge in [0, 0.05) is 33.5 Å². The number of halogens is 1. The van der Waals surface area contributed by atoms with Gasteiger partial charge in [0.05, 0.1) is 0 Å². The lowest BCUT2D eigenvalue weighted by molar-refractivity contribution is -0.139. The first kappa shape index (κ1) is 27.8. The third kappa shape index (κ3) is 7.13. The molecule has 0 spiro atoms. The molecule has 1 N–H and O–H groups in total. The van der Waals surface area contributed by atoms with Crippen LogP contribution < -0.4 is 4.74 Å². The molecule has 0 aliphatic rings. The number of carbonyl (C=O) groups is 1. The van der Waals surface area contributed by atoms with Crippen LogP contribution in [-0.2, 0) is 14.8 Å². The number of ether oxygens (including phenoxy) is 1. The summed E-state index contributed by atoms with van der Waals surface area (Å²) in [6.45, 7) is 6.28. The third-order valence-corrected chi connectivity index (χ3v) is 10.5. The molecule has 190 valence electrons. The Morgan fingerprint density at radius 1 is 1.14 bits per heavy atom. The zero-order valence-corrected chi connectivity index (χ0v) is 23.2. The maximum atomic E-state index is 13.7. The van der Waals surface area contributed by atoms with Gasteiger partial charge >= 0.3 is 5.97 Å². The summed E-state index contributed by atoms with van der Waals surface area (Å²) in [5.41, 5.74) is 1.58. The maximum Gasteiger partial charge on any atom is 0.341 e. The number of rotatable bonds is 13. The summed E-state index contributed by atoms with van der Waals surface area (Å²) in [6, 6.07) is 11.0. The lowest BCUT2D eigenvalue weighted by Gasteiger charge is -2.22. The molecule has 0 atom stereocenters. The molecular weight excluding hydrogens is 526 g/mol. The number of thiophene rings is 1. The maximum absolute atomic E-state index is 13.7. The molecule has 0 aliphatic heterocycles. The van der Waals surface area contributed by atoms with Crippen molar-refractivity contribution in [1.29, 1.82) is 0 Å². The van der Waals surface area contributed by atoms with Gasteiger partial charge in [0.25, 0.3) is 10.0 Å². The van der Waals surface area contributed by atoms with E-state index in [0.717, 1.165) is 45.4 Å².